The number of hydrogen-bond acceptors (Lipinski definition) is 5. The second-order valence-corrected chi connectivity index (χ2v) is 6.96. The van der Waals surface area contributed by atoms with Crippen molar-refractivity contribution < 1.29 is 14.1 Å². The third-order valence-corrected chi connectivity index (χ3v) is 4.94. The molecule has 2 heterocycles. The maximum Gasteiger partial charge on any atom is 0.276 e. The standard InChI is InChI=1S/C18H22N2O3S/c1-13-6-5-9-20(11-13)18(21)15-10-14(23-19-15)12-22-16-7-3-4-8-17(16)24-2/h3-4,7-8,10,13H,5-6,9,11-12H2,1-2H3/t13-/m0/s1. The van der Waals surface area contributed by atoms with Gasteiger partial charge in [-0.1, -0.05) is 24.2 Å². The number of amides is 1. The summed E-state index contributed by atoms with van der Waals surface area (Å²) < 4.78 is 11.1. The minimum absolute atomic E-state index is 0.0546. The molecule has 1 aliphatic heterocycles. The zero-order valence-corrected chi connectivity index (χ0v) is 14.8. The number of carbonyl (C=O) groups is 1. The molecule has 1 fully saturated rings. The van der Waals surface area contributed by atoms with Crippen molar-refractivity contribution in [3.63, 3.8) is 0 Å². The molecular formula is C18H22N2O3S. The van der Waals surface area contributed by atoms with Gasteiger partial charge >= 0.3 is 0 Å². The molecule has 0 aliphatic carbocycles. The summed E-state index contributed by atoms with van der Waals surface area (Å²) in [4.78, 5) is 15.4. The van der Waals surface area contributed by atoms with Gasteiger partial charge in [0.25, 0.3) is 5.91 Å². The van der Waals surface area contributed by atoms with Gasteiger partial charge in [0.05, 0.1) is 0 Å². The topological polar surface area (TPSA) is 55.6 Å². The molecule has 0 radical (unpaired) electrons. The highest BCUT2D eigenvalue weighted by atomic mass is 32.2. The molecule has 6 heteroatoms. The molecule has 0 saturated carbocycles. The summed E-state index contributed by atoms with van der Waals surface area (Å²) in [5, 5.41) is 3.92. The molecule has 2 aromatic rings. The molecular weight excluding hydrogens is 324 g/mol. The number of carbonyl (C=O) groups excluding carboxylic acids is 1. The SMILES string of the molecule is CSc1ccccc1OCc1cc(C(=O)N2CCC[C@H](C)C2)no1. The minimum Gasteiger partial charge on any atom is -0.484 e. The molecule has 1 saturated heterocycles. The van der Waals surface area contributed by atoms with Crippen LogP contribution in [0.3, 0.4) is 0 Å². The summed E-state index contributed by atoms with van der Waals surface area (Å²) in [5.41, 5.74) is 0.362. The van der Waals surface area contributed by atoms with Crippen molar-refractivity contribution >= 4 is 17.7 Å². The van der Waals surface area contributed by atoms with Crippen molar-refractivity contribution in [1.29, 1.82) is 0 Å². The maximum atomic E-state index is 12.5. The molecule has 0 unspecified atom stereocenters. The van der Waals surface area contributed by atoms with Crippen LogP contribution in [0.15, 0.2) is 39.8 Å². The molecule has 1 amide bonds. The molecule has 1 aromatic carbocycles. The summed E-state index contributed by atoms with van der Waals surface area (Å²) in [5.74, 6) is 1.85. The number of nitrogens with zero attached hydrogens (tertiary/aromatic N) is 2. The average Bonchev–Trinajstić information content (AvgIpc) is 3.08. The predicted octanol–water partition coefficient (Wildman–Crippen LogP) is 3.85. The van der Waals surface area contributed by atoms with Gasteiger partial charge < -0.3 is 14.2 Å². The highest BCUT2D eigenvalue weighted by Crippen LogP contribution is 2.27. The molecule has 128 valence electrons. The maximum absolute atomic E-state index is 12.5. The average molecular weight is 346 g/mol. The number of para-hydroxylation sites is 1. The number of piperidine rings is 1. The van der Waals surface area contributed by atoms with Crippen molar-refractivity contribution in [2.75, 3.05) is 19.3 Å². The van der Waals surface area contributed by atoms with Gasteiger partial charge in [0.15, 0.2) is 11.5 Å². The number of likely N-dealkylation sites (tertiary alicyclic amines) is 1. The summed E-state index contributed by atoms with van der Waals surface area (Å²) in [6.45, 7) is 4.01. The third-order valence-electron chi connectivity index (χ3n) is 4.16. The van der Waals surface area contributed by atoms with Gasteiger partial charge in [0.1, 0.15) is 12.4 Å². The lowest BCUT2D eigenvalue weighted by Crippen LogP contribution is -2.39. The molecule has 0 spiro atoms. The fourth-order valence-electron chi connectivity index (χ4n) is 2.90. The number of rotatable bonds is 5. The predicted molar refractivity (Wildman–Crippen MR) is 93.4 cm³/mol. The Bertz CT molecular complexity index is 701. The smallest absolute Gasteiger partial charge is 0.276 e. The number of hydrogen-bond donors (Lipinski definition) is 0. The van der Waals surface area contributed by atoms with Gasteiger partial charge in [-0.2, -0.15) is 0 Å². The molecule has 24 heavy (non-hydrogen) atoms. The van der Waals surface area contributed by atoms with E-state index in [4.69, 9.17) is 9.26 Å². The van der Waals surface area contributed by atoms with Gasteiger partial charge in [-0.15, -0.1) is 11.8 Å². The van der Waals surface area contributed by atoms with E-state index in [9.17, 15) is 4.79 Å². The summed E-state index contributed by atoms with van der Waals surface area (Å²) in [7, 11) is 0. The quantitative estimate of drug-likeness (QED) is 0.770. The molecule has 1 aliphatic rings. The zero-order valence-electron chi connectivity index (χ0n) is 14.0. The lowest BCUT2D eigenvalue weighted by atomic mass is 10.00. The molecule has 5 nitrogen and oxygen atoms in total. The monoisotopic (exact) mass is 346 g/mol. The first kappa shape index (κ1) is 16.9. The van der Waals surface area contributed by atoms with Gasteiger partial charge in [0.2, 0.25) is 0 Å². The molecule has 0 bridgehead atoms. The number of ether oxygens (including phenoxy) is 1. The fraction of sp³-hybridized carbons (Fsp3) is 0.444. The van der Waals surface area contributed by atoms with E-state index in [0.717, 1.165) is 30.2 Å². The van der Waals surface area contributed by atoms with Crippen LogP contribution in [0, 0.1) is 5.92 Å². The third kappa shape index (κ3) is 3.93. The van der Waals surface area contributed by atoms with E-state index in [-0.39, 0.29) is 12.5 Å². The Morgan fingerprint density at radius 1 is 1.46 bits per heavy atom. The highest BCUT2D eigenvalue weighted by Gasteiger charge is 2.24. The summed E-state index contributed by atoms with van der Waals surface area (Å²) in [6, 6.07) is 9.52. The lowest BCUT2D eigenvalue weighted by molar-refractivity contribution is 0.0672. The van der Waals surface area contributed by atoms with Crippen LogP contribution in [0.25, 0.3) is 0 Å². The van der Waals surface area contributed by atoms with Gasteiger partial charge in [0, 0.05) is 24.1 Å². The Hall–Kier alpha value is -1.95. The number of aromatic nitrogens is 1. The Labute approximate surface area is 146 Å². The first-order valence-electron chi connectivity index (χ1n) is 8.18. The van der Waals surface area contributed by atoms with Crippen LogP contribution in [0.5, 0.6) is 5.75 Å². The van der Waals surface area contributed by atoms with Crippen LogP contribution < -0.4 is 4.74 Å². The van der Waals surface area contributed by atoms with Gasteiger partial charge in [-0.05, 0) is 37.1 Å². The van der Waals surface area contributed by atoms with Crippen molar-refractivity contribution in [2.24, 2.45) is 5.92 Å². The Kier molecular flexibility index (Phi) is 5.45. The van der Waals surface area contributed by atoms with Crippen LogP contribution in [-0.4, -0.2) is 35.3 Å². The van der Waals surface area contributed by atoms with Crippen LogP contribution in [0.4, 0.5) is 0 Å². The van der Waals surface area contributed by atoms with E-state index in [1.165, 1.54) is 6.42 Å². The normalized spacial score (nSPS) is 17.8. The number of benzene rings is 1. The summed E-state index contributed by atoms with van der Waals surface area (Å²) in [6.07, 6.45) is 4.23. The van der Waals surface area contributed by atoms with Crippen LogP contribution >= 0.6 is 11.8 Å². The summed E-state index contributed by atoms with van der Waals surface area (Å²) >= 11 is 1.63. The molecule has 1 aromatic heterocycles. The van der Waals surface area contributed by atoms with E-state index in [0.29, 0.717) is 17.4 Å². The Morgan fingerprint density at radius 2 is 2.29 bits per heavy atom. The fourth-order valence-corrected chi connectivity index (χ4v) is 3.45. The minimum atomic E-state index is -0.0546. The number of thioether (sulfide) groups is 1. The van der Waals surface area contributed by atoms with Crippen molar-refractivity contribution in [2.45, 2.75) is 31.3 Å². The van der Waals surface area contributed by atoms with Gasteiger partial charge in [-0.25, -0.2) is 0 Å². The first-order valence-corrected chi connectivity index (χ1v) is 9.40. The van der Waals surface area contributed by atoms with Crippen molar-refractivity contribution in [3.8, 4) is 5.75 Å². The van der Waals surface area contributed by atoms with Crippen LogP contribution in [0.2, 0.25) is 0 Å². The van der Waals surface area contributed by atoms with Crippen molar-refractivity contribution in [1.82, 2.24) is 10.1 Å². The molecule has 0 N–H and O–H groups in total. The second kappa shape index (κ2) is 7.75. The van der Waals surface area contributed by atoms with Crippen LogP contribution in [0.1, 0.15) is 36.0 Å². The van der Waals surface area contributed by atoms with E-state index >= 15 is 0 Å². The second-order valence-electron chi connectivity index (χ2n) is 6.12. The van der Waals surface area contributed by atoms with Gasteiger partial charge in [-0.3, -0.25) is 4.79 Å². The Morgan fingerprint density at radius 3 is 3.08 bits per heavy atom. The van der Waals surface area contributed by atoms with E-state index in [2.05, 4.69) is 12.1 Å². The highest BCUT2D eigenvalue weighted by molar-refractivity contribution is 7.98. The van der Waals surface area contributed by atoms with Crippen molar-refractivity contribution in [3.05, 3.63) is 41.8 Å². The largest absolute Gasteiger partial charge is 0.484 e. The van der Waals surface area contributed by atoms with E-state index in [1.54, 1.807) is 17.8 Å². The van der Waals surface area contributed by atoms with Crippen LogP contribution in [-0.2, 0) is 6.61 Å². The molecule has 3 rings (SSSR count). The first-order chi connectivity index (χ1) is 11.7. The van der Waals surface area contributed by atoms with E-state index < -0.39 is 0 Å². The Balaban J connectivity index is 1.62. The molecule has 1 atom stereocenters. The lowest BCUT2D eigenvalue weighted by Gasteiger charge is -2.30. The zero-order chi connectivity index (χ0) is 16.9. The van der Waals surface area contributed by atoms with E-state index in [1.807, 2.05) is 35.4 Å².